The molecule has 18 heavy (non-hydrogen) atoms. The first-order chi connectivity index (χ1) is 7.85. The van der Waals surface area contributed by atoms with Crippen molar-refractivity contribution in [1.82, 2.24) is 0 Å². The van der Waals surface area contributed by atoms with E-state index in [0.29, 0.717) is 0 Å². The van der Waals surface area contributed by atoms with E-state index in [9.17, 15) is 13.9 Å². The van der Waals surface area contributed by atoms with Crippen molar-refractivity contribution >= 4 is 28.3 Å². The molecule has 1 aromatic rings. The highest BCUT2D eigenvalue weighted by molar-refractivity contribution is 9.10. The third-order valence-electron chi connectivity index (χ3n) is 2.26. The van der Waals surface area contributed by atoms with E-state index in [-0.39, 0.29) is 28.0 Å². The number of hydrogen-bond acceptors (Lipinski definition) is 4. The number of hydrogen-bond donors (Lipinski definition) is 3. The van der Waals surface area contributed by atoms with Crippen LogP contribution in [0.5, 0.6) is 5.75 Å². The lowest BCUT2D eigenvalue weighted by molar-refractivity contribution is -0.0717. The van der Waals surface area contributed by atoms with Gasteiger partial charge in [0.2, 0.25) is 0 Å². The molecule has 1 rings (SSSR count). The van der Waals surface area contributed by atoms with Gasteiger partial charge in [-0.05, 0) is 12.1 Å². The molecule has 1 atom stereocenters. The standard InChI is InChI=1S/C10H9BrF2N2O2.ClH/c11-6-2-1-5(3-14)8(17)7(6)9(15)10(12,13)4-16;/h1-2,9,16-17H,4,15H2;1H/t9-;/m0./s1. The second kappa shape index (κ2) is 6.29. The Balaban J connectivity index is 0.00000289. The van der Waals surface area contributed by atoms with Crippen molar-refractivity contribution in [3.63, 3.8) is 0 Å². The summed E-state index contributed by atoms with van der Waals surface area (Å²) in [6.07, 6.45) is 0. The number of aromatic hydroxyl groups is 1. The Labute approximate surface area is 117 Å². The molecule has 0 fully saturated rings. The van der Waals surface area contributed by atoms with Gasteiger partial charge in [0.25, 0.3) is 5.92 Å². The maximum absolute atomic E-state index is 13.2. The zero-order valence-electron chi connectivity index (χ0n) is 8.90. The van der Waals surface area contributed by atoms with Crippen molar-refractivity contribution in [2.75, 3.05) is 6.61 Å². The second-order valence-electron chi connectivity index (χ2n) is 3.37. The lowest BCUT2D eigenvalue weighted by Crippen LogP contribution is -2.36. The SMILES string of the molecule is Cl.N#Cc1ccc(Br)c([C@H](N)C(F)(F)CO)c1O. The number of nitrogens with two attached hydrogens (primary N) is 1. The predicted octanol–water partition coefficient (Wildman–Crippen LogP) is 2.08. The number of aliphatic hydroxyl groups excluding tert-OH is 1. The average molecular weight is 344 g/mol. The molecule has 0 heterocycles. The van der Waals surface area contributed by atoms with Gasteiger partial charge in [0.05, 0.1) is 5.56 Å². The van der Waals surface area contributed by atoms with Gasteiger partial charge in [0, 0.05) is 10.0 Å². The van der Waals surface area contributed by atoms with Crippen LogP contribution in [0.2, 0.25) is 0 Å². The summed E-state index contributed by atoms with van der Waals surface area (Å²) in [5.74, 6) is -4.20. The monoisotopic (exact) mass is 342 g/mol. The van der Waals surface area contributed by atoms with E-state index in [1.807, 2.05) is 0 Å². The van der Waals surface area contributed by atoms with Crippen molar-refractivity contribution in [1.29, 1.82) is 5.26 Å². The molecule has 0 bridgehead atoms. The molecule has 0 aliphatic heterocycles. The molecular weight excluding hydrogens is 333 g/mol. The van der Waals surface area contributed by atoms with Gasteiger partial charge < -0.3 is 15.9 Å². The molecule has 0 aromatic heterocycles. The first-order valence-corrected chi connectivity index (χ1v) is 5.30. The summed E-state index contributed by atoms with van der Waals surface area (Å²) < 4.78 is 26.6. The fraction of sp³-hybridized carbons (Fsp3) is 0.300. The highest BCUT2D eigenvalue weighted by Crippen LogP contribution is 2.39. The number of phenols is 1. The molecule has 0 unspecified atom stereocenters. The molecule has 0 aliphatic carbocycles. The maximum Gasteiger partial charge on any atom is 0.289 e. The average Bonchev–Trinajstić information content (AvgIpc) is 2.29. The minimum absolute atomic E-state index is 0. The lowest BCUT2D eigenvalue weighted by atomic mass is 9.98. The minimum Gasteiger partial charge on any atom is -0.506 e. The van der Waals surface area contributed by atoms with E-state index < -0.39 is 24.3 Å². The van der Waals surface area contributed by atoms with Gasteiger partial charge in [-0.1, -0.05) is 15.9 Å². The van der Waals surface area contributed by atoms with Gasteiger partial charge in [-0.15, -0.1) is 12.4 Å². The number of halogens is 4. The molecule has 8 heteroatoms. The maximum atomic E-state index is 13.2. The molecule has 0 saturated heterocycles. The van der Waals surface area contributed by atoms with Crippen LogP contribution in [-0.2, 0) is 0 Å². The number of nitriles is 1. The third-order valence-corrected chi connectivity index (χ3v) is 2.95. The van der Waals surface area contributed by atoms with Crippen LogP contribution in [-0.4, -0.2) is 22.7 Å². The topological polar surface area (TPSA) is 90.3 Å². The molecule has 0 radical (unpaired) electrons. The van der Waals surface area contributed by atoms with E-state index >= 15 is 0 Å². The highest BCUT2D eigenvalue weighted by atomic mass is 79.9. The minimum atomic E-state index is -3.59. The number of nitrogens with zero attached hydrogens (tertiary/aromatic N) is 1. The number of phenolic OH excluding ortho intramolecular Hbond substituents is 1. The number of benzene rings is 1. The van der Waals surface area contributed by atoms with E-state index in [2.05, 4.69) is 15.9 Å². The fourth-order valence-electron chi connectivity index (χ4n) is 1.28. The van der Waals surface area contributed by atoms with Crippen molar-refractivity contribution in [3.8, 4) is 11.8 Å². The molecule has 4 nitrogen and oxygen atoms in total. The van der Waals surface area contributed by atoms with Crippen LogP contribution in [0.3, 0.4) is 0 Å². The normalized spacial score (nSPS) is 12.4. The van der Waals surface area contributed by atoms with Crippen molar-refractivity contribution in [2.24, 2.45) is 5.73 Å². The van der Waals surface area contributed by atoms with Crippen LogP contribution in [0.15, 0.2) is 16.6 Å². The van der Waals surface area contributed by atoms with Gasteiger partial charge in [0.15, 0.2) is 0 Å². The van der Waals surface area contributed by atoms with E-state index in [1.54, 1.807) is 6.07 Å². The van der Waals surface area contributed by atoms with Crippen LogP contribution in [0, 0.1) is 11.3 Å². The van der Waals surface area contributed by atoms with Gasteiger partial charge in [-0.25, -0.2) is 8.78 Å². The molecule has 100 valence electrons. The summed E-state index contributed by atoms with van der Waals surface area (Å²) in [4.78, 5) is 0. The first-order valence-electron chi connectivity index (χ1n) is 4.51. The van der Waals surface area contributed by atoms with E-state index in [0.717, 1.165) is 0 Å². The number of alkyl halides is 2. The Bertz CT molecular complexity index is 480. The molecule has 0 saturated carbocycles. The fourth-order valence-corrected chi connectivity index (χ4v) is 1.85. The molecule has 4 N–H and O–H groups in total. The van der Waals surface area contributed by atoms with Crippen LogP contribution in [0.25, 0.3) is 0 Å². The molecule has 0 aliphatic rings. The van der Waals surface area contributed by atoms with Crippen molar-refractivity contribution in [2.45, 2.75) is 12.0 Å². The van der Waals surface area contributed by atoms with Crippen molar-refractivity contribution in [3.05, 3.63) is 27.7 Å². The Hall–Kier alpha value is -0.940. The van der Waals surface area contributed by atoms with Crippen LogP contribution in [0.1, 0.15) is 17.2 Å². The number of aliphatic hydroxyl groups is 1. The van der Waals surface area contributed by atoms with E-state index in [1.165, 1.54) is 12.1 Å². The summed E-state index contributed by atoms with van der Waals surface area (Å²) in [5.41, 5.74) is 4.84. The van der Waals surface area contributed by atoms with Gasteiger partial charge in [-0.3, -0.25) is 0 Å². The summed E-state index contributed by atoms with van der Waals surface area (Å²) in [7, 11) is 0. The second-order valence-corrected chi connectivity index (χ2v) is 4.22. The molecular formula is C10H10BrClF2N2O2. The van der Waals surface area contributed by atoms with Gasteiger partial charge in [0.1, 0.15) is 24.5 Å². The zero-order valence-corrected chi connectivity index (χ0v) is 11.3. The summed E-state index contributed by atoms with van der Waals surface area (Å²) >= 11 is 2.97. The molecule has 0 spiro atoms. The quantitative estimate of drug-likeness (QED) is 0.784. The predicted molar refractivity (Wildman–Crippen MR) is 66.7 cm³/mol. The van der Waals surface area contributed by atoms with Crippen LogP contribution >= 0.6 is 28.3 Å². The number of rotatable bonds is 3. The summed E-state index contributed by atoms with van der Waals surface area (Å²) in [5, 5.41) is 26.9. The Morgan fingerprint density at radius 3 is 2.50 bits per heavy atom. The third kappa shape index (κ3) is 3.09. The Kier molecular flexibility index (Phi) is 5.96. The van der Waals surface area contributed by atoms with Crippen LogP contribution < -0.4 is 5.73 Å². The van der Waals surface area contributed by atoms with Gasteiger partial charge >= 0.3 is 0 Å². The highest BCUT2D eigenvalue weighted by Gasteiger charge is 2.40. The smallest absolute Gasteiger partial charge is 0.289 e. The summed E-state index contributed by atoms with van der Waals surface area (Å²) in [6, 6.07) is 2.35. The Morgan fingerprint density at radius 2 is 2.06 bits per heavy atom. The Morgan fingerprint density at radius 1 is 1.50 bits per heavy atom. The van der Waals surface area contributed by atoms with Gasteiger partial charge in [-0.2, -0.15) is 5.26 Å². The molecule has 0 amide bonds. The first kappa shape index (κ1) is 17.1. The molecule has 1 aromatic carbocycles. The largest absolute Gasteiger partial charge is 0.506 e. The zero-order chi connectivity index (χ0) is 13.2. The lowest BCUT2D eigenvalue weighted by Gasteiger charge is -2.23. The van der Waals surface area contributed by atoms with E-state index in [4.69, 9.17) is 16.1 Å². The summed E-state index contributed by atoms with van der Waals surface area (Å²) in [6.45, 7) is -1.45. The van der Waals surface area contributed by atoms with Crippen molar-refractivity contribution < 1.29 is 19.0 Å². The van der Waals surface area contributed by atoms with Crippen LogP contribution in [0.4, 0.5) is 8.78 Å².